The Morgan fingerprint density at radius 2 is 1.91 bits per heavy atom. The molecule has 0 fully saturated rings. The van der Waals surface area contributed by atoms with Crippen LogP contribution in [0, 0.1) is 24.0 Å². The van der Waals surface area contributed by atoms with Gasteiger partial charge in [0.2, 0.25) is 0 Å². The number of hydrogen-bond donors (Lipinski definition) is 2. The Morgan fingerprint density at radius 1 is 1.19 bits per heavy atom. The van der Waals surface area contributed by atoms with Crippen LogP contribution in [0.3, 0.4) is 0 Å². The molecule has 10 heteroatoms. The minimum Gasteiger partial charge on any atom is -0.452 e. The first-order valence-electron chi connectivity index (χ1n) is 9.80. The highest BCUT2D eigenvalue weighted by Gasteiger charge is 2.18. The maximum Gasteiger partial charge on any atom is 0.341 e. The third-order valence-electron chi connectivity index (χ3n) is 4.97. The van der Waals surface area contributed by atoms with Crippen LogP contribution in [-0.4, -0.2) is 33.2 Å². The van der Waals surface area contributed by atoms with Crippen LogP contribution in [-0.2, 0) is 22.6 Å². The number of nitrogens with zero attached hydrogens (tertiary/aromatic N) is 3. The van der Waals surface area contributed by atoms with Crippen molar-refractivity contribution in [2.24, 2.45) is 0 Å². The Morgan fingerprint density at radius 3 is 2.59 bits per heavy atom. The number of nitrogens with two attached hydrogens (primary N) is 1. The molecule has 0 bridgehead atoms. The molecular weight excluding hydrogens is 414 g/mol. The molecule has 0 atom stereocenters. The lowest BCUT2D eigenvalue weighted by Crippen LogP contribution is -2.29. The third kappa shape index (κ3) is 5.28. The molecule has 0 saturated carbocycles. The number of amides is 1. The van der Waals surface area contributed by atoms with Gasteiger partial charge in [0.05, 0.1) is 22.7 Å². The van der Waals surface area contributed by atoms with E-state index in [2.05, 4.69) is 10.4 Å². The summed E-state index contributed by atoms with van der Waals surface area (Å²) in [4.78, 5) is 34.6. The van der Waals surface area contributed by atoms with Crippen molar-refractivity contribution in [3.8, 4) is 0 Å². The van der Waals surface area contributed by atoms with Crippen molar-refractivity contribution in [3.05, 3.63) is 86.7 Å². The average molecular weight is 437 g/mol. The van der Waals surface area contributed by atoms with Crippen LogP contribution in [0.2, 0.25) is 0 Å². The first kappa shape index (κ1) is 22.5. The van der Waals surface area contributed by atoms with Gasteiger partial charge in [-0.1, -0.05) is 30.3 Å². The zero-order valence-electron chi connectivity index (χ0n) is 17.7. The van der Waals surface area contributed by atoms with Crippen LogP contribution in [0.15, 0.2) is 48.5 Å². The molecule has 3 aromatic rings. The highest BCUT2D eigenvalue weighted by molar-refractivity contribution is 5.97. The molecule has 1 heterocycles. The van der Waals surface area contributed by atoms with E-state index >= 15 is 0 Å². The summed E-state index contributed by atoms with van der Waals surface area (Å²) in [5, 5.41) is 18.1. The van der Waals surface area contributed by atoms with Gasteiger partial charge < -0.3 is 15.8 Å². The standard InChI is InChI=1S/C22H23N5O5/c1-14-19(15(2)26(25-14)12-16-6-4-3-5-7-16)11-24-21(28)13-32-22(29)18-10-17(27(30)31)8-9-20(18)23/h3-10H,11-13,23H2,1-2H3,(H,24,28). The number of anilines is 1. The van der Waals surface area contributed by atoms with E-state index in [9.17, 15) is 19.7 Å². The molecule has 1 aromatic heterocycles. The average Bonchev–Trinajstić information content (AvgIpc) is 3.03. The molecule has 0 spiro atoms. The van der Waals surface area contributed by atoms with Gasteiger partial charge in [-0.15, -0.1) is 0 Å². The Hall–Kier alpha value is -4.21. The fraction of sp³-hybridized carbons (Fsp3) is 0.227. The largest absolute Gasteiger partial charge is 0.452 e. The van der Waals surface area contributed by atoms with Crippen LogP contribution in [0.5, 0.6) is 0 Å². The van der Waals surface area contributed by atoms with Crippen molar-refractivity contribution in [3.63, 3.8) is 0 Å². The topological polar surface area (TPSA) is 142 Å². The zero-order valence-corrected chi connectivity index (χ0v) is 17.7. The number of carbonyl (C=O) groups excluding carboxylic acids is 2. The summed E-state index contributed by atoms with van der Waals surface area (Å²) < 4.78 is 6.84. The lowest BCUT2D eigenvalue weighted by Gasteiger charge is -2.09. The highest BCUT2D eigenvalue weighted by atomic mass is 16.6. The van der Waals surface area contributed by atoms with Gasteiger partial charge in [0.1, 0.15) is 0 Å². The normalized spacial score (nSPS) is 10.6. The number of nitro benzene ring substituents is 1. The highest BCUT2D eigenvalue weighted by Crippen LogP contribution is 2.20. The Kier molecular flexibility index (Phi) is 6.83. The van der Waals surface area contributed by atoms with Gasteiger partial charge in [0, 0.05) is 35.6 Å². The minimum absolute atomic E-state index is 0.0260. The Balaban J connectivity index is 1.57. The van der Waals surface area contributed by atoms with Gasteiger partial charge >= 0.3 is 5.97 Å². The van der Waals surface area contributed by atoms with Gasteiger partial charge in [-0.25, -0.2) is 4.79 Å². The predicted molar refractivity (Wildman–Crippen MR) is 117 cm³/mol. The maximum atomic E-state index is 12.2. The molecule has 32 heavy (non-hydrogen) atoms. The number of esters is 1. The number of aromatic nitrogens is 2. The Bertz CT molecular complexity index is 1160. The maximum absolute atomic E-state index is 12.2. The van der Waals surface area contributed by atoms with Crippen LogP contribution < -0.4 is 11.1 Å². The van der Waals surface area contributed by atoms with E-state index < -0.39 is 23.4 Å². The van der Waals surface area contributed by atoms with E-state index in [0.29, 0.717) is 6.54 Å². The number of benzene rings is 2. The van der Waals surface area contributed by atoms with Gasteiger partial charge in [0.25, 0.3) is 11.6 Å². The molecule has 0 aliphatic carbocycles. The second kappa shape index (κ2) is 9.73. The Labute approximate surface area is 184 Å². The number of non-ortho nitro benzene ring substituents is 1. The van der Waals surface area contributed by atoms with E-state index in [1.807, 2.05) is 48.9 Å². The van der Waals surface area contributed by atoms with Crippen molar-refractivity contribution in [1.29, 1.82) is 0 Å². The van der Waals surface area contributed by atoms with E-state index in [4.69, 9.17) is 10.5 Å². The summed E-state index contributed by atoms with van der Waals surface area (Å²) in [5.41, 5.74) is 8.96. The van der Waals surface area contributed by atoms with Crippen LogP contribution in [0.25, 0.3) is 0 Å². The molecule has 3 N–H and O–H groups in total. The molecule has 0 aliphatic heterocycles. The quantitative estimate of drug-likeness (QED) is 0.239. The molecular formula is C22H23N5O5. The predicted octanol–water partition coefficient (Wildman–Crippen LogP) is 2.51. The number of nitrogens with one attached hydrogen (secondary N) is 1. The number of carbonyl (C=O) groups is 2. The van der Waals surface area contributed by atoms with Crippen molar-refractivity contribution in [2.45, 2.75) is 26.9 Å². The first-order chi connectivity index (χ1) is 15.3. The van der Waals surface area contributed by atoms with E-state index in [1.54, 1.807) is 0 Å². The fourth-order valence-corrected chi connectivity index (χ4v) is 3.18. The number of rotatable bonds is 8. The zero-order chi connectivity index (χ0) is 23.3. The van der Waals surface area contributed by atoms with Crippen molar-refractivity contribution < 1.29 is 19.2 Å². The van der Waals surface area contributed by atoms with Gasteiger partial charge in [-0.2, -0.15) is 5.10 Å². The summed E-state index contributed by atoms with van der Waals surface area (Å²) in [6.07, 6.45) is 0. The summed E-state index contributed by atoms with van der Waals surface area (Å²) >= 11 is 0. The third-order valence-corrected chi connectivity index (χ3v) is 4.97. The van der Waals surface area contributed by atoms with Gasteiger partial charge in [-0.05, 0) is 25.5 Å². The lowest BCUT2D eigenvalue weighted by molar-refractivity contribution is -0.384. The minimum atomic E-state index is -0.913. The number of nitro groups is 1. The van der Waals surface area contributed by atoms with Crippen LogP contribution in [0.1, 0.15) is 32.9 Å². The van der Waals surface area contributed by atoms with Gasteiger partial charge in [0.15, 0.2) is 6.61 Å². The van der Waals surface area contributed by atoms with E-state index in [0.717, 1.165) is 28.6 Å². The second-order valence-corrected chi connectivity index (χ2v) is 7.17. The lowest BCUT2D eigenvalue weighted by atomic mass is 10.1. The summed E-state index contributed by atoms with van der Waals surface area (Å²) in [6.45, 7) is 4.08. The number of ether oxygens (including phenoxy) is 1. The molecule has 1 amide bonds. The molecule has 0 radical (unpaired) electrons. The van der Waals surface area contributed by atoms with Crippen molar-refractivity contribution >= 4 is 23.3 Å². The SMILES string of the molecule is Cc1nn(Cc2ccccc2)c(C)c1CNC(=O)COC(=O)c1cc([N+](=O)[O-])ccc1N. The molecule has 0 aliphatic rings. The van der Waals surface area contributed by atoms with Gasteiger partial charge in [-0.3, -0.25) is 19.6 Å². The molecule has 0 saturated heterocycles. The number of hydrogen-bond acceptors (Lipinski definition) is 7. The van der Waals surface area contributed by atoms with E-state index in [1.165, 1.54) is 12.1 Å². The second-order valence-electron chi connectivity index (χ2n) is 7.17. The summed E-state index contributed by atoms with van der Waals surface area (Å²) in [6, 6.07) is 13.3. The molecule has 3 rings (SSSR count). The molecule has 2 aromatic carbocycles. The molecule has 10 nitrogen and oxygen atoms in total. The number of aryl methyl sites for hydroxylation is 1. The smallest absolute Gasteiger partial charge is 0.341 e. The monoisotopic (exact) mass is 437 g/mol. The number of nitrogen functional groups attached to an aromatic ring is 1. The van der Waals surface area contributed by atoms with E-state index in [-0.39, 0.29) is 23.5 Å². The van der Waals surface area contributed by atoms with Crippen molar-refractivity contribution in [1.82, 2.24) is 15.1 Å². The van der Waals surface area contributed by atoms with Crippen molar-refractivity contribution in [2.75, 3.05) is 12.3 Å². The fourth-order valence-electron chi connectivity index (χ4n) is 3.18. The summed E-state index contributed by atoms with van der Waals surface area (Å²) in [5.74, 6) is -1.43. The first-order valence-corrected chi connectivity index (χ1v) is 9.80. The molecule has 166 valence electrons. The van der Waals surface area contributed by atoms with Crippen LogP contribution >= 0.6 is 0 Å². The molecule has 0 unspecified atom stereocenters. The summed E-state index contributed by atoms with van der Waals surface area (Å²) in [7, 11) is 0. The van der Waals surface area contributed by atoms with Crippen LogP contribution in [0.4, 0.5) is 11.4 Å².